The zero-order valence-electron chi connectivity index (χ0n) is 10.1. The maximum absolute atomic E-state index is 9.85. The lowest BCUT2D eigenvalue weighted by Crippen LogP contribution is -2.47. The Morgan fingerprint density at radius 1 is 1.53 bits per heavy atom. The highest BCUT2D eigenvalue weighted by atomic mass is 32.2. The van der Waals surface area contributed by atoms with Crippen molar-refractivity contribution in [1.29, 1.82) is 0 Å². The number of anilines is 1. The van der Waals surface area contributed by atoms with E-state index in [-0.39, 0.29) is 12.1 Å². The lowest BCUT2D eigenvalue weighted by Gasteiger charge is -2.29. The third kappa shape index (κ3) is 3.31. The molecular formula is C11H18N4OS. The largest absolute Gasteiger partial charge is 0.390 e. The summed E-state index contributed by atoms with van der Waals surface area (Å²) >= 11 is 1.52. The van der Waals surface area contributed by atoms with Crippen molar-refractivity contribution in [3.8, 4) is 0 Å². The number of aliphatic hydroxyl groups excluding tert-OH is 1. The van der Waals surface area contributed by atoms with Gasteiger partial charge < -0.3 is 15.7 Å². The molecule has 1 aromatic rings. The molecule has 5 nitrogen and oxygen atoms in total. The molecule has 17 heavy (non-hydrogen) atoms. The quantitative estimate of drug-likeness (QED) is 0.543. The molecule has 6 heteroatoms. The number of aryl methyl sites for hydroxylation is 1. The van der Waals surface area contributed by atoms with Gasteiger partial charge in [-0.3, -0.25) is 0 Å². The second-order valence-corrected chi connectivity index (χ2v) is 4.97. The highest BCUT2D eigenvalue weighted by Crippen LogP contribution is 2.16. The van der Waals surface area contributed by atoms with Gasteiger partial charge in [-0.2, -0.15) is 0 Å². The van der Waals surface area contributed by atoms with Gasteiger partial charge in [0.05, 0.1) is 12.1 Å². The Bertz CT molecular complexity index is 388. The number of nitrogens with zero attached hydrogens (tertiary/aromatic N) is 2. The number of β-amino-alcohol motifs (C(OH)–C–C–N with tert-alkyl or cyclic N) is 1. The lowest BCUT2D eigenvalue weighted by atomic mass is 10.0. The van der Waals surface area contributed by atoms with E-state index in [1.165, 1.54) is 11.8 Å². The van der Waals surface area contributed by atoms with Gasteiger partial charge in [0, 0.05) is 18.3 Å². The summed E-state index contributed by atoms with van der Waals surface area (Å²) in [4.78, 5) is 8.69. The van der Waals surface area contributed by atoms with Crippen molar-refractivity contribution >= 4 is 17.6 Å². The van der Waals surface area contributed by atoms with Crippen molar-refractivity contribution in [2.24, 2.45) is 0 Å². The molecule has 0 aliphatic carbocycles. The molecule has 2 heterocycles. The van der Waals surface area contributed by atoms with E-state index >= 15 is 0 Å². The van der Waals surface area contributed by atoms with Crippen molar-refractivity contribution in [3.63, 3.8) is 0 Å². The van der Waals surface area contributed by atoms with E-state index in [4.69, 9.17) is 0 Å². The number of hydrogen-bond acceptors (Lipinski definition) is 6. The second kappa shape index (κ2) is 5.66. The van der Waals surface area contributed by atoms with Crippen LogP contribution in [0.5, 0.6) is 0 Å². The van der Waals surface area contributed by atoms with Crippen molar-refractivity contribution in [2.75, 3.05) is 24.7 Å². The van der Waals surface area contributed by atoms with Gasteiger partial charge in [0.1, 0.15) is 5.82 Å². The maximum Gasteiger partial charge on any atom is 0.189 e. The highest BCUT2D eigenvalue weighted by Gasteiger charge is 2.22. The monoisotopic (exact) mass is 254 g/mol. The van der Waals surface area contributed by atoms with Gasteiger partial charge in [-0.15, -0.1) is 0 Å². The van der Waals surface area contributed by atoms with E-state index in [9.17, 15) is 5.11 Å². The van der Waals surface area contributed by atoms with Crippen molar-refractivity contribution in [3.05, 3.63) is 11.8 Å². The van der Waals surface area contributed by atoms with Crippen molar-refractivity contribution in [2.45, 2.75) is 30.6 Å². The normalized spacial score (nSPS) is 24.6. The molecule has 1 aromatic heterocycles. The van der Waals surface area contributed by atoms with Crippen LogP contribution in [-0.4, -0.2) is 46.6 Å². The summed E-state index contributed by atoms with van der Waals surface area (Å²) in [6.45, 7) is 3.51. The second-order valence-electron chi connectivity index (χ2n) is 4.19. The molecule has 94 valence electrons. The zero-order valence-corrected chi connectivity index (χ0v) is 10.9. The fourth-order valence-electron chi connectivity index (χ4n) is 1.91. The van der Waals surface area contributed by atoms with Gasteiger partial charge in [-0.1, -0.05) is 11.8 Å². The van der Waals surface area contributed by atoms with Crippen LogP contribution in [0.3, 0.4) is 0 Å². The Morgan fingerprint density at radius 2 is 2.35 bits per heavy atom. The number of aromatic nitrogens is 2. The maximum atomic E-state index is 9.85. The first-order valence-corrected chi connectivity index (χ1v) is 6.96. The summed E-state index contributed by atoms with van der Waals surface area (Å²) in [5, 5.41) is 17.1. The van der Waals surface area contributed by atoms with Gasteiger partial charge in [-0.05, 0) is 26.1 Å². The molecule has 3 N–H and O–H groups in total. The molecule has 0 radical (unpaired) electrons. The van der Waals surface area contributed by atoms with Crippen LogP contribution >= 0.6 is 11.8 Å². The molecule has 1 fully saturated rings. The van der Waals surface area contributed by atoms with Crippen LogP contribution in [0, 0.1) is 6.92 Å². The SMILES string of the molecule is CSc1nc(C)cc(N[C@@H]2CCNC[C@H]2O)n1. The molecule has 1 aliphatic heterocycles. The Kier molecular flexibility index (Phi) is 4.20. The van der Waals surface area contributed by atoms with Gasteiger partial charge in [0.15, 0.2) is 5.16 Å². The summed E-state index contributed by atoms with van der Waals surface area (Å²) < 4.78 is 0. The Balaban J connectivity index is 2.09. The van der Waals surface area contributed by atoms with Crippen molar-refractivity contribution in [1.82, 2.24) is 15.3 Å². The predicted octanol–water partition coefficient (Wildman–Crippen LogP) is 0.642. The molecule has 0 amide bonds. The molecule has 2 rings (SSSR count). The van der Waals surface area contributed by atoms with E-state index in [1.807, 2.05) is 19.2 Å². The minimum Gasteiger partial charge on any atom is -0.390 e. The van der Waals surface area contributed by atoms with E-state index in [2.05, 4.69) is 20.6 Å². The molecule has 1 saturated heterocycles. The predicted molar refractivity (Wildman–Crippen MR) is 69.5 cm³/mol. The smallest absolute Gasteiger partial charge is 0.189 e. The van der Waals surface area contributed by atoms with Gasteiger partial charge >= 0.3 is 0 Å². The van der Waals surface area contributed by atoms with E-state index < -0.39 is 0 Å². The summed E-state index contributed by atoms with van der Waals surface area (Å²) in [5.41, 5.74) is 0.940. The number of hydrogen-bond donors (Lipinski definition) is 3. The standard InChI is InChI=1S/C11H18N4OS/c1-7-5-10(15-11(13-7)17-2)14-8-3-4-12-6-9(8)16/h5,8-9,12,16H,3-4,6H2,1-2H3,(H,13,14,15)/t8-,9-/m1/s1. The first-order valence-electron chi connectivity index (χ1n) is 5.74. The molecular weight excluding hydrogens is 236 g/mol. The fourth-order valence-corrected chi connectivity index (χ4v) is 2.33. The number of nitrogens with one attached hydrogen (secondary N) is 2. The summed E-state index contributed by atoms with van der Waals surface area (Å²) in [5.74, 6) is 0.799. The third-order valence-corrected chi connectivity index (χ3v) is 3.35. The molecule has 0 aromatic carbocycles. The van der Waals surface area contributed by atoms with Gasteiger partial charge in [0.2, 0.25) is 0 Å². The van der Waals surface area contributed by atoms with Crippen LogP contribution < -0.4 is 10.6 Å². The third-order valence-electron chi connectivity index (χ3n) is 2.80. The zero-order chi connectivity index (χ0) is 12.3. The number of thioether (sulfide) groups is 1. The Morgan fingerprint density at radius 3 is 3.06 bits per heavy atom. The Hall–Kier alpha value is -0.850. The average molecular weight is 254 g/mol. The highest BCUT2D eigenvalue weighted by molar-refractivity contribution is 7.98. The van der Waals surface area contributed by atoms with Crippen LogP contribution in [0.1, 0.15) is 12.1 Å². The molecule has 1 aliphatic rings. The van der Waals surface area contributed by atoms with Crippen LogP contribution in [-0.2, 0) is 0 Å². The van der Waals surface area contributed by atoms with Gasteiger partial charge in [0.25, 0.3) is 0 Å². The lowest BCUT2D eigenvalue weighted by molar-refractivity contribution is 0.128. The molecule has 2 atom stereocenters. The van der Waals surface area contributed by atoms with Crippen LogP contribution in [0.15, 0.2) is 11.2 Å². The Labute approximate surface area is 105 Å². The minimum absolute atomic E-state index is 0.0697. The molecule has 0 saturated carbocycles. The van der Waals surface area contributed by atoms with Crippen LogP contribution in [0.4, 0.5) is 5.82 Å². The molecule has 0 unspecified atom stereocenters. The first-order chi connectivity index (χ1) is 8.19. The summed E-state index contributed by atoms with van der Waals surface area (Å²) in [6, 6.07) is 1.98. The van der Waals surface area contributed by atoms with Crippen LogP contribution in [0.2, 0.25) is 0 Å². The number of aliphatic hydroxyl groups is 1. The van der Waals surface area contributed by atoms with Gasteiger partial charge in [-0.25, -0.2) is 9.97 Å². The van der Waals surface area contributed by atoms with E-state index in [1.54, 1.807) is 0 Å². The minimum atomic E-state index is -0.364. The topological polar surface area (TPSA) is 70.1 Å². The summed E-state index contributed by atoms with van der Waals surface area (Å²) in [6.07, 6.45) is 2.49. The fraction of sp³-hybridized carbons (Fsp3) is 0.636. The van der Waals surface area contributed by atoms with E-state index in [0.29, 0.717) is 6.54 Å². The first kappa shape index (κ1) is 12.6. The van der Waals surface area contributed by atoms with Crippen molar-refractivity contribution < 1.29 is 5.11 Å². The molecule has 0 bridgehead atoms. The number of piperidine rings is 1. The molecule has 0 spiro atoms. The summed E-state index contributed by atoms with van der Waals surface area (Å²) in [7, 11) is 0. The average Bonchev–Trinajstić information content (AvgIpc) is 2.31. The number of rotatable bonds is 3. The van der Waals surface area contributed by atoms with Crippen LogP contribution in [0.25, 0.3) is 0 Å². The van der Waals surface area contributed by atoms with E-state index in [0.717, 1.165) is 29.6 Å².